The summed E-state index contributed by atoms with van der Waals surface area (Å²) in [7, 11) is -2.25. The molecule has 0 aliphatic rings. The van der Waals surface area contributed by atoms with Crippen molar-refractivity contribution < 1.29 is 83.5 Å². The molecule has 0 bridgehead atoms. The molecular weight excluding hydrogens is 568 g/mol. The lowest BCUT2D eigenvalue weighted by Gasteiger charge is -2.43. The normalized spacial score (nSPS) is 16.2. The van der Waals surface area contributed by atoms with Crippen LogP contribution in [0.25, 0.3) is 0 Å². The van der Waals surface area contributed by atoms with Crippen LogP contribution in [0.2, 0.25) is 6.04 Å². The maximum Gasteiger partial charge on any atom is 0.500 e. The van der Waals surface area contributed by atoms with E-state index in [0.717, 1.165) is 0 Å². The topological polar surface area (TPSA) is 27.7 Å². The molecule has 0 aromatic carbocycles. The lowest BCUT2D eigenvalue weighted by Crippen LogP contribution is -2.74. The second-order valence-electron chi connectivity index (χ2n) is 6.49. The maximum atomic E-state index is 13.9. The number of hydrogen-bond donors (Lipinski definition) is 1. The number of rotatable bonds is 13. The summed E-state index contributed by atoms with van der Waals surface area (Å²) in [6.07, 6.45) is -2.62. The number of halogens is 16. The SMILES string of the molecule is CO[Si](CCC(F)(F)C(F)(F)C(F)(F)C(F)(F)C(F)(F)C(F)(F)C(F)(F)C(F)(F)S)(OC)OC. The molecule has 0 aromatic rings. The molecule has 0 spiro atoms. The summed E-state index contributed by atoms with van der Waals surface area (Å²) in [5.41, 5.74) is 0. The first-order chi connectivity index (χ1) is 14.6. The van der Waals surface area contributed by atoms with Gasteiger partial charge in [0.1, 0.15) is 0 Å². The molecule has 0 fully saturated rings. The van der Waals surface area contributed by atoms with Gasteiger partial charge in [0.25, 0.3) is 0 Å². The highest BCUT2D eigenvalue weighted by molar-refractivity contribution is 7.81. The first-order valence-electron chi connectivity index (χ1n) is 8.04. The van der Waals surface area contributed by atoms with Crippen LogP contribution < -0.4 is 0 Å². The lowest BCUT2D eigenvalue weighted by molar-refractivity contribution is -0.448. The monoisotopic (exact) mass is 582 g/mol. The van der Waals surface area contributed by atoms with Crippen molar-refractivity contribution >= 4 is 21.4 Å². The van der Waals surface area contributed by atoms with Crippen molar-refractivity contribution in [1.29, 1.82) is 0 Å². The average Bonchev–Trinajstić information content (AvgIpc) is 2.67. The van der Waals surface area contributed by atoms with E-state index in [1.165, 1.54) is 12.6 Å². The minimum Gasteiger partial charge on any atom is -0.377 e. The van der Waals surface area contributed by atoms with Gasteiger partial charge in [-0.15, -0.1) is 0 Å². The van der Waals surface area contributed by atoms with Crippen molar-refractivity contribution in [1.82, 2.24) is 0 Å². The Morgan fingerprint density at radius 2 is 0.765 bits per heavy atom. The van der Waals surface area contributed by atoms with Crippen LogP contribution in [0.1, 0.15) is 6.42 Å². The summed E-state index contributed by atoms with van der Waals surface area (Å²) in [6.45, 7) is 0. The van der Waals surface area contributed by atoms with E-state index >= 15 is 0 Å². The van der Waals surface area contributed by atoms with E-state index < -0.39 is 68.0 Å². The Hall–Kier alpha value is -0.673. The summed E-state index contributed by atoms with van der Waals surface area (Å²) in [6, 6.07) is -1.56. The van der Waals surface area contributed by atoms with E-state index in [1.54, 1.807) is 0 Å². The van der Waals surface area contributed by atoms with E-state index in [1.807, 2.05) is 0 Å². The van der Waals surface area contributed by atoms with E-state index in [4.69, 9.17) is 0 Å². The molecule has 0 saturated carbocycles. The fourth-order valence-electron chi connectivity index (χ4n) is 2.23. The van der Waals surface area contributed by atoms with Gasteiger partial charge in [-0.1, -0.05) is 12.6 Å². The van der Waals surface area contributed by atoms with Gasteiger partial charge < -0.3 is 13.3 Å². The first-order valence-corrected chi connectivity index (χ1v) is 10.4. The van der Waals surface area contributed by atoms with Crippen LogP contribution in [0.5, 0.6) is 0 Å². The van der Waals surface area contributed by atoms with Gasteiger partial charge in [-0.25, -0.2) is 0 Å². The summed E-state index contributed by atoms with van der Waals surface area (Å²) in [5, 5.41) is -6.59. The standard InChI is InChI=1S/C13H14F16O3SSi/c1-30-34(31-2,32-3)5-4-6(14,15)7(16,17)8(18,19)9(20,21)10(22,23)11(24,25)12(26,27)13(28,29)33/h33H,4-5H2,1-3H3. The highest BCUT2D eigenvalue weighted by atomic mass is 32.1. The average molecular weight is 582 g/mol. The van der Waals surface area contributed by atoms with Gasteiger partial charge >= 0.3 is 55.5 Å². The molecule has 3 nitrogen and oxygen atoms in total. The lowest BCUT2D eigenvalue weighted by atomic mass is 9.88. The van der Waals surface area contributed by atoms with Crippen LogP contribution in [0.15, 0.2) is 0 Å². The molecule has 21 heteroatoms. The van der Waals surface area contributed by atoms with Crippen molar-refractivity contribution in [2.24, 2.45) is 0 Å². The summed E-state index contributed by atoms with van der Waals surface area (Å²) in [5.74, 6) is -55.1. The molecule has 0 rings (SSSR count). The van der Waals surface area contributed by atoms with Gasteiger partial charge in [-0.05, 0) is 0 Å². The molecule has 0 atom stereocenters. The van der Waals surface area contributed by atoms with E-state index in [2.05, 4.69) is 13.3 Å². The zero-order valence-corrected chi connectivity index (χ0v) is 18.5. The second-order valence-corrected chi connectivity index (χ2v) is 10.1. The molecule has 0 aromatic heterocycles. The Kier molecular flexibility index (Phi) is 9.14. The number of thiol groups is 1. The third-order valence-electron chi connectivity index (χ3n) is 4.49. The van der Waals surface area contributed by atoms with Crippen LogP contribution in [0.3, 0.4) is 0 Å². The molecule has 206 valence electrons. The predicted octanol–water partition coefficient (Wildman–Crippen LogP) is 6.22. The van der Waals surface area contributed by atoms with Crippen molar-refractivity contribution in [3.8, 4) is 0 Å². The van der Waals surface area contributed by atoms with Crippen LogP contribution in [0.4, 0.5) is 70.2 Å². The molecule has 0 heterocycles. The third kappa shape index (κ3) is 4.70. The highest BCUT2D eigenvalue weighted by Gasteiger charge is 2.94. The third-order valence-corrected chi connectivity index (χ3v) is 7.50. The van der Waals surface area contributed by atoms with Crippen molar-refractivity contribution in [2.75, 3.05) is 21.3 Å². The summed E-state index contributed by atoms with van der Waals surface area (Å²) < 4.78 is 228. The fraction of sp³-hybridized carbons (Fsp3) is 1.00. The zero-order valence-electron chi connectivity index (χ0n) is 16.6. The molecule has 0 amide bonds. The zero-order chi connectivity index (χ0) is 28.0. The van der Waals surface area contributed by atoms with Crippen LogP contribution in [0, 0.1) is 0 Å². The van der Waals surface area contributed by atoms with Gasteiger partial charge in [-0.2, -0.15) is 70.2 Å². The molecule has 0 unspecified atom stereocenters. The summed E-state index contributed by atoms with van der Waals surface area (Å²) in [4.78, 5) is 0. The molecular formula is C13H14F16O3SSi. The van der Waals surface area contributed by atoms with Crippen molar-refractivity contribution in [2.45, 2.75) is 59.2 Å². The molecule has 0 N–H and O–H groups in total. The smallest absolute Gasteiger partial charge is 0.377 e. The Balaban J connectivity index is 6.55. The van der Waals surface area contributed by atoms with Crippen molar-refractivity contribution in [3.05, 3.63) is 0 Å². The molecule has 0 saturated heterocycles. The minimum atomic E-state index is -8.46. The molecule has 0 radical (unpaired) electrons. The van der Waals surface area contributed by atoms with Gasteiger partial charge in [0.15, 0.2) is 0 Å². The maximum absolute atomic E-state index is 13.9. The molecule has 0 aliphatic carbocycles. The Labute approximate surface area is 186 Å². The second kappa shape index (κ2) is 9.33. The quantitative estimate of drug-likeness (QED) is 0.159. The van der Waals surface area contributed by atoms with E-state index in [0.29, 0.717) is 21.3 Å². The van der Waals surface area contributed by atoms with Gasteiger partial charge in [0.2, 0.25) is 0 Å². The summed E-state index contributed by atoms with van der Waals surface area (Å²) >= 11 is 1.49. The van der Waals surface area contributed by atoms with E-state index in [9.17, 15) is 70.2 Å². The van der Waals surface area contributed by atoms with Gasteiger partial charge in [-0.3, -0.25) is 0 Å². The Morgan fingerprint density at radius 3 is 1.03 bits per heavy atom. The van der Waals surface area contributed by atoms with Crippen LogP contribution >= 0.6 is 12.6 Å². The highest BCUT2D eigenvalue weighted by Crippen LogP contribution is 2.64. The molecule has 34 heavy (non-hydrogen) atoms. The van der Waals surface area contributed by atoms with Gasteiger partial charge in [0, 0.05) is 33.8 Å². The van der Waals surface area contributed by atoms with E-state index in [-0.39, 0.29) is 0 Å². The van der Waals surface area contributed by atoms with Crippen LogP contribution in [-0.2, 0) is 13.3 Å². The fourth-order valence-corrected chi connectivity index (χ4v) is 4.10. The number of hydrogen-bond acceptors (Lipinski definition) is 4. The predicted molar refractivity (Wildman–Crippen MR) is 84.8 cm³/mol. The van der Waals surface area contributed by atoms with Gasteiger partial charge in [0.05, 0.1) is 0 Å². The Bertz CT molecular complexity index is 698. The largest absolute Gasteiger partial charge is 0.500 e. The number of alkyl halides is 16. The Morgan fingerprint density at radius 1 is 0.500 bits per heavy atom. The van der Waals surface area contributed by atoms with Crippen molar-refractivity contribution in [3.63, 3.8) is 0 Å². The first kappa shape index (κ1) is 33.3. The van der Waals surface area contributed by atoms with Crippen LogP contribution in [-0.4, -0.2) is 76.8 Å². The minimum absolute atomic E-state index is 0.693. The molecule has 0 aliphatic heterocycles.